The van der Waals surface area contributed by atoms with E-state index in [1.165, 1.54) is 7.05 Å². The van der Waals surface area contributed by atoms with Gasteiger partial charge in [-0.1, -0.05) is 72.6 Å². The molecular weight excluding hydrogens is 456 g/mol. The normalized spacial score (nSPS) is 11.1. The first-order valence-electron chi connectivity index (χ1n) is 12.4. The smallest absolute Gasteiger partial charge is 0.152 e. The molecule has 0 bridgehead atoms. The van der Waals surface area contributed by atoms with E-state index in [9.17, 15) is 9.59 Å². The molecule has 1 heterocycles. The molecule has 2 unspecified atom stereocenters. The fraction of sp³-hybridized carbons (Fsp3) is 0.769. The van der Waals surface area contributed by atoms with Gasteiger partial charge in [0.25, 0.3) is 0 Å². The van der Waals surface area contributed by atoms with Crippen LogP contribution in [0, 0.1) is 24.2 Å². The van der Waals surface area contributed by atoms with E-state index in [0.717, 1.165) is 6.42 Å². The summed E-state index contributed by atoms with van der Waals surface area (Å²) in [6, 6.07) is 0.811. The van der Waals surface area contributed by atoms with E-state index >= 15 is 0 Å². The highest BCUT2D eigenvalue weighted by molar-refractivity contribution is 5.85. The Morgan fingerprint density at radius 3 is 1.64 bits per heavy atom. The summed E-state index contributed by atoms with van der Waals surface area (Å²) in [5.41, 5.74) is 7.33. The van der Waals surface area contributed by atoms with Gasteiger partial charge in [-0.2, -0.15) is 0 Å². The number of rotatable bonds is 9. The molecule has 0 aliphatic rings. The molecule has 36 heavy (non-hydrogen) atoms. The van der Waals surface area contributed by atoms with Crippen LogP contribution in [0.15, 0.2) is 17.5 Å². The van der Waals surface area contributed by atoms with Gasteiger partial charge in [0, 0.05) is 49.1 Å². The Morgan fingerprint density at radius 1 is 1.03 bits per heavy atom. The van der Waals surface area contributed by atoms with E-state index in [-0.39, 0.29) is 23.9 Å². The Morgan fingerprint density at radius 2 is 1.44 bits per heavy atom. The van der Waals surface area contributed by atoms with E-state index in [0.29, 0.717) is 23.7 Å². The Kier molecular flexibility index (Phi) is 30.2. The molecule has 0 aliphatic heterocycles. The van der Waals surface area contributed by atoms with Crippen LogP contribution in [0.1, 0.15) is 82.6 Å². The molecule has 0 aromatic carbocycles. The van der Waals surface area contributed by atoms with Crippen molar-refractivity contribution >= 4 is 11.6 Å². The second-order valence-corrected chi connectivity index (χ2v) is 9.09. The highest BCUT2D eigenvalue weighted by Crippen LogP contribution is 2.04. The predicted octanol–water partition coefficient (Wildman–Crippen LogP) is 4.97. The maximum atomic E-state index is 11.5. The van der Waals surface area contributed by atoms with Crippen molar-refractivity contribution in [1.82, 2.24) is 25.6 Å². The molecule has 0 amide bonds. The molecule has 10 nitrogen and oxygen atoms in total. The van der Waals surface area contributed by atoms with Gasteiger partial charge in [-0.3, -0.25) is 14.3 Å². The summed E-state index contributed by atoms with van der Waals surface area (Å²) in [5.74, 6) is 3.14. The second kappa shape index (κ2) is 26.9. The third-order valence-corrected chi connectivity index (χ3v) is 4.07. The van der Waals surface area contributed by atoms with Crippen molar-refractivity contribution in [3.8, 4) is 12.3 Å². The van der Waals surface area contributed by atoms with E-state index in [1.54, 1.807) is 24.0 Å². The number of carbonyl (C=O) groups is 2. The van der Waals surface area contributed by atoms with Crippen LogP contribution in [0.4, 0.5) is 0 Å². The number of Topliss-reactive ketones (excluding diaryl/α,β-unsaturated/α-hetero) is 2. The van der Waals surface area contributed by atoms with Crippen LogP contribution in [-0.4, -0.2) is 57.8 Å². The average molecular weight is 509 g/mol. The first-order valence-corrected chi connectivity index (χ1v) is 12.4. The van der Waals surface area contributed by atoms with Gasteiger partial charge < -0.3 is 10.6 Å². The number of aromatic nitrogens is 3. The summed E-state index contributed by atoms with van der Waals surface area (Å²) in [6.07, 6.45) is 8.90. The van der Waals surface area contributed by atoms with Gasteiger partial charge in [-0.25, -0.2) is 0 Å². The topological polar surface area (TPSA) is 138 Å². The number of ketones is 2. The zero-order chi connectivity index (χ0) is 29.3. The number of hydrogen-bond donors (Lipinski definition) is 2. The molecule has 2 atom stereocenters. The summed E-state index contributed by atoms with van der Waals surface area (Å²) in [6.45, 7) is 21.6. The second-order valence-electron chi connectivity index (χ2n) is 9.09. The minimum absolute atomic E-state index is 0.00463. The lowest BCUT2D eigenvalue weighted by atomic mass is 9.99. The number of azide groups is 1. The molecule has 0 fully saturated rings. The van der Waals surface area contributed by atoms with Crippen LogP contribution in [-0.2, 0) is 16.6 Å². The first kappa shape index (κ1) is 40.4. The number of aryl methyl sites for hydroxylation is 1. The molecule has 0 saturated heterocycles. The molecule has 208 valence electrons. The van der Waals surface area contributed by atoms with Gasteiger partial charge in [0.15, 0.2) is 11.6 Å². The summed E-state index contributed by atoms with van der Waals surface area (Å²) in [7, 11) is 3.22. The maximum absolute atomic E-state index is 11.5. The summed E-state index contributed by atoms with van der Waals surface area (Å²) >= 11 is 0. The highest BCUT2D eigenvalue weighted by Gasteiger charge is 2.19. The van der Waals surface area contributed by atoms with Crippen molar-refractivity contribution in [3.05, 3.63) is 22.8 Å². The van der Waals surface area contributed by atoms with Crippen molar-refractivity contribution in [2.24, 2.45) is 24.0 Å². The largest absolute Gasteiger partial charge is 0.305 e. The van der Waals surface area contributed by atoms with Crippen LogP contribution in [0.5, 0.6) is 0 Å². The molecule has 0 spiro atoms. The molecular formula is C26H52N8O2. The number of nitrogens with one attached hydrogen (secondary N) is 2. The van der Waals surface area contributed by atoms with Crippen LogP contribution in [0.25, 0.3) is 10.4 Å². The average Bonchev–Trinajstić information content (AvgIpc) is 3.28. The molecule has 0 aliphatic carbocycles. The van der Waals surface area contributed by atoms with E-state index in [4.69, 9.17) is 5.53 Å². The Balaban J connectivity index is -0.000000194. The third kappa shape index (κ3) is 29.3. The molecule has 10 heteroatoms. The Hall–Kier alpha value is -2.73. The lowest BCUT2D eigenvalue weighted by Crippen LogP contribution is -2.42. The van der Waals surface area contributed by atoms with Crippen LogP contribution >= 0.6 is 0 Å². The van der Waals surface area contributed by atoms with Crippen molar-refractivity contribution < 1.29 is 9.59 Å². The fourth-order valence-corrected chi connectivity index (χ4v) is 2.56. The quantitative estimate of drug-likeness (QED) is 0.209. The number of hydrogen-bond acceptors (Lipinski definition) is 7. The van der Waals surface area contributed by atoms with Crippen molar-refractivity contribution in [2.75, 3.05) is 7.05 Å². The van der Waals surface area contributed by atoms with Crippen molar-refractivity contribution in [2.45, 2.75) is 107 Å². The van der Waals surface area contributed by atoms with Gasteiger partial charge in [0.05, 0.1) is 18.3 Å². The maximum Gasteiger partial charge on any atom is 0.152 e. The Bertz CT molecular complexity index is 732. The van der Waals surface area contributed by atoms with E-state index in [2.05, 4.69) is 57.2 Å². The molecule has 0 radical (unpaired) electrons. The molecule has 2 N–H and O–H groups in total. The standard InChI is InChI=1S/C10H21NO.C9H19NO.C3H5N3.C3H4.CH3N3/c1-6-9(11-8(4)5)10(12)7(2)3;1-6(2)9(11)8(5)10-7(3)4;1-6-3-2-4-5-6;1-3-2;1-3-4-2/h7-9,11H,6H2,1-5H3;6-8,10H,1-5H3;2-3H,1H3;1H,2H3;1H3. The Labute approximate surface area is 220 Å². The molecule has 1 aromatic rings. The van der Waals surface area contributed by atoms with Gasteiger partial charge in [-0.15, -0.1) is 17.4 Å². The molecule has 1 rings (SSSR count). The lowest BCUT2D eigenvalue weighted by molar-refractivity contribution is -0.124. The number of carbonyl (C=O) groups excluding carboxylic acids is 2. The molecule has 0 saturated carbocycles. The van der Waals surface area contributed by atoms with Crippen molar-refractivity contribution in [1.29, 1.82) is 0 Å². The van der Waals surface area contributed by atoms with Gasteiger partial charge in [0.2, 0.25) is 0 Å². The van der Waals surface area contributed by atoms with Crippen LogP contribution in [0.2, 0.25) is 0 Å². The summed E-state index contributed by atoms with van der Waals surface area (Å²) in [5, 5.41) is 16.5. The zero-order valence-electron chi connectivity index (χ0n) is 24.9. The van der Waals surface area contributed by atoms with Gasteiger partial charge in [0.1, 0.15) is 0 Å². The van der Waals surface area contributed by atoms with Gasteiger partial charge >= 0.3 is 0 Å². The number of terminal acetylenes is 1. The lowest BCUT2D eigenvalue weighted by Gasteiger charge is -2.20. The summed E-state index contributed by atoms with van der Waals surface area (Å²) in [4.78, 5) is 25.2. The first-order chi connectivity index (χ1) is 16.7. The fourth-order valence-electron chi connectivity index (χ4n) is 2.56. The highest BCUT2D eigenvalue weighted by atomic mass is 16.1. The van der Waals surface area contributed by atoms with Crippen molar-refractivity contribution in [3.63, 3.8) is 0 Å². The minimum atomic E-state index is -0.00463. The van der Waals surface area contributed by atoms with E-state index in [1.807, 2.05) is 62.4 Å². The number of nitrogens with zero attached hydrogens (tertiary/aromatic N) is 6. The predicted molar refractivity (Wildman–Crippen MR) is 150 cm³/mol. The zero-order valence-corrected chi connectivity index (χ0v) is 24.9. The minimum Gasteiger partial charge on any atom is -0.305 e. The third-order valence-electron chi connectivity index (χ3n) is 4.07. The SMILES string of the molecule is C#CC.CC(C)NC(C)C(=O)C(C)C.CCC(NC(C)C)C(=O)C(C)C.CN=[N+]=[N-].Cn1ccnn1. The van der Waals surface area contributed by atoms with Crippen LogP contribution in [0.3, 0.4) is 0 Å². The molecule has 1 aromatic heterocycles. The monoisotopic (exact) mass is 508 g/mol. The van der Waals surface area contributed by atoms with Crippen LogP contribution < -0.4 is 10.6 Å². The van der Waals surface area contributed by atoms with Gasteiger partial charge in [-0.05, 0) is 25.8 Å². The van der Waals surface area contributed by atoms with E-state index < -0.39 is 0 Å². The summed E-state index contributed by atoms with van der Waals surface area (Å²) < 4.78 is 1.64.